The van der Waals surface area contributed by atoms with Crippen molar-refractivity contribution in [1.29, 1.82) is 0 Å². The first-order valence-electron chi connectivity index (χ1n) is 16.9. The van der Waals surface area contributed by atoms with Crippen LogP contribution in [0.4, 0.5) is 0 Å². The summed E-state index contributed by atoms with van der Waals surface area (Å²) < 4.78 is 21.7. The lowest BCUT2D eigenvalue weighted by Crippen LogP contribution is -2.02. The van der Waals surface area contributed by atoms with E-state index in [1.807, 2.05) is 72.8 Å². The maximum absolute atomic E-state index is 11.0. The predicted octanol–water partition coefficient (Wildman–Crippen LogP) is 7.77. The van der Waals surface area contributed by atoms with E-state index >= 15 is 0 Å². The minimum Gasteiger partial charge on any atom is -0.494 e. The van der Waals surface area contributed by atoms with Gasteiger partial charge in [0.05, 0.1) is 26.4 Å². The van der Waals surface area contributed by atoms with Crippen molar-refractivity contribution in [2.75, 3.05) is 26.4 Å². The van der Waals surface area contributed by atoms with E-state index in [9.17, 15) is 9.59 Å². The van der Waals surface area contributed by atoms with Gasteiger partial charge in [0.15, 0.2) is 0 Å². The standard InChI is InChI=1S/C42H42N2O6/c1-3-41(45)49-31-13-7-5-11-29-47-35-23-17-33(18-24-35)21-27-39-37-15-9-10-16-38(37)40(44-43-39)28-22-34-19-25-36(26-20-34)48-30-12-6-8-14-32-50-42(46)4-2/h3-4,9-10,15-20,23-26H,1-2,5-8,11-14,29-32H2. The molecule has 0 aliphatic rings. The lowest BCUT2D eigenvalue weighted by Gasteiger charge is -2.06. The molecular formula is C42H42N2O6. The predicted molar refractivity (Wildman–Crippen MR) is 195 cm³/mol. The van der Waals surface area contributed by atoms with E-state index in [4.69, 9.17) is 18.9 Å². The summed E-state index contributed by atoms with van der Waals surface area (Å²) in [5.41, 5.74) is 2.86. The van der Waals surface area contributed by atoms with Crippen molar-refractivity contribution in [3.63, 3.8) is 0 Å². The van der Waals surface area contributed by atoms with Crippen molar-refractivity contribution in [3.05, 3.63) is 121 Å². The highest BCUT2D eigenvalue weighted by atomic mass is 16.5. The minimum atomic E-state index is -0.379. The molecule has 0 atom stereocenters. The molecule has 3 aromatic carbocycles. The molecule has 0 bridgehead atoms. The Kier molecular flexibility index (Phi) is 15.7. The third-order valence-electron chi connectivity index (χ3n) is 7.48. The van der Waals surface area contributed by atoms with Crippen LogP contribution >= 0.6 is 0 Å². The first-order valence-corrected chi connectivity index (χ1v) is 16.9. The van der Waals surface area contributed by atoms with E-state index in [0.717, 1.165) is 84.8 Å². The molecule has 0 saturated carbocycles. The monoisotopic (exact) mass is 670 g/mol. The number of fused-ring (bicyclic) bond motifs is 1. The summed E-state index contributed by atoms with van der Waals surface area (Å²) in [5, 5.41) is 10.6. The Labute approximate surface area is 294 Å². The Hall–Kier alpha value is -5.86. The first kappa shape index (κ1) is 37.0. The minimum absolute atomic E-state index is 0.379. The Balaban J connectivity index is 1.24. The molecule has 0 amide bonds. The molecule has 4 aromatic rings. The molecule has 0 fully saturated rings. The van der Waals surface area contributed by atoms with Gasteiger partial charge in [0, 0.05) is 34.1 Å². The average Bonchev–Trinajstić information content (AvgIpc) is 3.16. The maximum atomic E-state index is 11.0. The van der Waals surface area contributed by atoms with Crippen LogP contribution in [0.15, 0.2) is 98.1 Å². The van der Waals surface area contributed by atoms with Gasteiger partial charge in [-0.05, 0) is 112 Å². The second-order valence-electron chi connectivity index (χ2n) is 11.3. The number of aromatic nitrogens is 2. The van der Waals surface area contributed by atoms with E-state index in [-0.39, 0.29) is 11.9 Å². The van der Waals surface area contributed by atoms with E-state index < -0.39 is 0 Å². The average molecular weight is 671 g/mol. The van der Waals surface area contributed by atoms with E-state index in [0.29, 0.717) is 37.8 Å². The lowest BCUT2D eigenvalue weighted by molar-refractivity contribution is -0.138. The number of unbranched alkanes of at least 4 members (excludes halogenated alkanes) is 6. The number of esters is 2. The van der Waals surface area contributed by atoms with Crippen molar-refractivity contribution >= 4 is 22.7 Å². The van der Waals surface area contributed by atoms with Crippen molar-refractivity contribution < 1.29 is 28.5 Å². The molecule has 0 aliphatic heterocycles. The third-order valence-corrected chi connectivity index (χ3v) is 7.48. The van der Waals surface area contributed by atoms with Gasteiger partial charge < -0.3 is 18.9 Å². The van der Waals surface area contributed by atoms with Crippen molar-refractivity contribution in [2.24, 2.45) is 0 Å². The number of benzene rings is 3. The number of rotatable bonds is 18. The maximum Gasteiger partial charge on any atom is 0.330 e. The number of carbonyl (C=O) groups excluding carboxylic acids is 2. The van der Waals surface area contributed by atoms with E-state index in [1.54, 1.807) is 0 Å². The molecule has 0 N–H and O–H groups in total. The van der Waals surface area contributed by atoms with E-state index in [1.165, 1.54) is 12.2 Å². The topological polar surface area (TPSA) is 96.8 Å². The Morgan fingerprint density at radius 2 is 0.900 bits per heavy atom. The Morgan fingerprint density at radius 1 is 0.520 bits per heavy atom. The summed E-state index contributed by atoms with van der Waals surface area (Å²) >= 11 is 0. The van der Waals surface area contributed by atoms with Crippen LogP contribution in [-0.2, 0) is 19.1 Å². The molecule has 8 heteroatoms. The van der Waals surface area contributed by atoms with Crippen LogP contribution in [0.3, 0.4) is 0 Å². The van der Waals surface area contributed by atoms with Crippen LogP contribution in [0.2, 0.25) is 0 Å². The smallest absolute Gasteiger partial charge is 0.330 e. The van der Waals surface area contributed by atoms with Gasteiger partial charge in [-0.25, -0.2) is 9.59 Å². The zero-order chi connectivity index (χ0) is 35.2. The normalized spacial score (nSPS) is 10.2. The molecule has 0 saturated heterocycles. The molecule has 1 heterocycles. The van der Waals surface area contributed by atoms with Crippen molar-refractivity contribution in [3.8, 4) is 35.2 Å². The zero-order valence-corrected chi connectivity index (χ0v) is 28.3. The Morgan fingerprint density at radius 3 is 1.28 bits per heavy atom. The largest absolute Gasteiger partial charge is 0.494 e. The van der Waals surface area contributed by atoms with Crippen LogP contribution < -0.4 is 9.47 Å². The highest BCUT2D eigenvalue weighted by Crippen LogP contribution is 2.19. The van der Waals surface area contributed by atoms with Gasteiger partial charge in [-0.15, -0.1) is 10.2 Å². The molecule has 256 valence electrons. The number of hydrogen-bond donors (Lipinski definition) is 0. The summed E-state index contributed by atoms with van der Waals surface area (Å²) in [6.07, 6.45) is 9.81. The van der Waals surface area contributed by atoms with Gasteiger partial charge >= 0.3 is 11.9 Å². The summed E-state index contributed by atoms with van der Waals surface area (Å²) in [6, 6.07) is 23.2. The highest BCUT2D eigenvalue weighted by molar-refractivity contribution is 5.90. The number of hydrogen-bond acceptors (Lipinski definition) is 8. The molecule has 0 radical (unpaired) electrons. The van der Waals surface area contributed by atoms with Crippen molar-refractivity contribution in [1.82, 2.24) is 10.2 Å². The van der Waals surface area contributed by atoms with Gasteiger partial charge in [-0.2, -0.15) is 0 Å². The summed E-state index contributed by atoms with van der Waals surface area (Å²) in [5.74, 6) is 13.5. The molecule has 8 nitrogen and oxygen atoms in total. The van der Waals surface area contributed by atoms with Gasteiger partial charge in [0.25, 0.3) is 0 Å². The SMILES string of the molecule is C=CC(=O)OCCCCCCOc1ccc(C#Cc2nnc(C#Cc3ccc(OCCCCCCOC(=O)C=C)cc3)c3ccccc23)cc1. The fourth-order valence-electron chi connectivity index (χ4n) is 4.78. The van der Waals surface area contributed by atoms with Gasteiger partial charge in [-0.3, -0.25) is 0 Å². The fraction of sp³-hybridized carbons (Fsp3) is 0.286. The molecule has 50 heavy (non-hydrogen) atoms. The van der Waals surface area contributed by atoms with Gasteiger partial charge in [0.2, 0.25) is 0 Å². The van der Waals surface area contributed by atoms with Crippen LogP contribution in [-0.4, -0.2) is 48.6 Å². The van der Waals surface area contributed by atoms with Crippen LogP contribution in [0.5, 0.6) is 11.5 Å². The van der Waals surface area contributed by atoms with Crippen LogP contribution in [0, 0.1) is 23.7 Å². The molecule has 4 rings (SSSR count). The number of ether oxygens (including phenoxy) is 4. The fourth-order valence-corrected chi connectivity index (χ4v) is 4.78. The zero-order valence-electron chi connectivity index (χ0n) is 28.3. The molecular weight excluding hydrogens is 628 g/mol. The van der Waals surface area contributed by atoms with Crippen LogP contribution in [0.25, 0.3) is 10.8 Å². The third kappa shape index (κ3) is 13.0. The summed E-state index contributed by atoms with van der Waals surface area (Å²) in [6.45, 7) is 8.85. The highest BCUT2D eigenvalue weighted by Gasteiger charge is 2.06. The summed E-state index contributed by atoms with van der Waals surface area (Å²) in [7, 11) is 0. The van der Waals surface area contributed by atoms with E-state index in [2.05, 4.69) is 47.0 Å². The second kappa shape index (κ2) is 21.2. The number of nitrogens with zero attached hydrogens (tertiary/aromatic N) is 2. The molecule has 1 aromatic heterocycles. The second-order valence-corrected chi connectivity index (χ2v) is 11.3. The first-order chi connectivity index (χ1) is 24.6. The lowest BCUT2D eigenvalue weighted by atomic mass is 10.1. The van der Waals surface area contributed by atoms with Crippen molar-refractivity contribution in [2.45, 2.75) is 51.4 Å². The Bertz CT molecular complexity index is 1710. The molecule has 0 unspecified atom stereocenters. The van der Waals surface area contributed by atoms with Gasteiger partial charge in [0.1, 0.15) is 22.9 Å². The molecule has 0 spiro atoms. The van der Waals surface area contributed by atoms with Gasteiger partial charge in [-0.1, -0.05) is 49.3 Å². The number of carbonyl (C=O) groups is 2. The van der Waals surface area contributed by atoms with Crippen LogP contribution in [0.1, 0.15) is 73.9 Å². The quantitative estimate of drug-likeness (QED) is 0.0459. The molecule has 0 aliphatic carbocycles. The summed E-state index contributed by atoms with van der Waals surface area (Å²) in [4.78, 5) is 22.1.